The third kappa shape index (κ3) is 7.66. The van der Waals surface area contributed by atoms with Gasteiger partial charge < -0.3 is 14.2 Å². The molecule has 0 saturated heterocycles. The average Bonchev–Trinajstić information content (AvgIpc) is 2.73. The van der Waals surface area contributed by atoms with E-state index in [1.807, 2.05) is 25.1 Å². The van der Waals surface area contributed by atoms with Crippen molar-refractivity contribution in [2.75, 3.05) is 13.2 Å². The third-order valence-electron chi connectivity index (χ3n) is 3.79. The van der Waals surface area contributed by atoms with Gasteiger partial charge in [-0.05, 0) is 56.2 Å². The zero-order valence-corrected chi connectivity index (χ0v) is 17.7. The van der Waals surface area contributed by atoms with E-state index in [0.29, 0.717) is 29.7 Å². The largest absolute Gasteiger partial charge is 0.493 e. The molecule has 0 bridgehead atoms. The first-order valence-electron chi connectivity index (χ1n) is 9.68. The summed E-state index contributed by atoms with van der Waals surface area (Å²) in [4.78, 5) is 12.2. The Labute approximate surface area is 176 Å². The normalized spacial score (nSPS) is 11.9. The minimum atomic E-state index is -0.714. The van der Waals surface area contributed by atoms with Gasteiger partial charge in [0, 0.05) is 16.7 Å². The second kappa shape index (κ2) is 12.0. The number of hydrazone groups is 1. The highest BCUT2D eigenvalue weighted by atomic mass is 35.5. The molecule has 1 N–H and O–H groups in total. The number of carbonyl (C=O) groups excluding carboxylic acids is 1. The molecule has 0 saturated carbocycles. The van der Waals surface area contributed by atoms with Gasteiger partial charge in [-0.3, -0.25) is 4.79 Å². The lowest BCUT2D eigenvalue weighted by Crippen LogP contribution is -2.33. The highest BCUT2D eigenvalue weighted by molar-refractivity contribution is 6.30. The lowest BCUT2D eigenvalue weighted by atomic mass is 10.2. The van der Waals surface area contributed by atoms with Gasteiger partial charge in [-0.25, -0.2) is 5.43 Å². The van der Waals surface area contributed by atoms with Gasteiger partial charge in [-0.2, -0.15) is 5.10 Å². The van der Waals surface area contributed by atoms with Crippen LogP contribution in [-0.4, -0.2) is 31.4 Å². The summed E-state index contributed by atoms with van der Waals surface area (Å²) in [5.41, 5.74) is 3.23. The molecule has 1 atom stereocenters. The molecule has 29 heavy (non-hydrogen) atoms. The smallest absolute Gasteiger partial charge is 0.280 e. The summed E-state index contributed by atoms with van der Waals surface area (Å²) in [5.74, 6) is 1.59. The number of ether oxygens (including phenoxy) is 3. The lowest BCUT2D eigenvalue weighted by Gasteiger charge is -2.13. The van der Waals surface area contributed by atoms with Crippen LogP contribution in [0.15, 0.2) is 47.6 Å². The van der Waals surface area contributed by atoms with E-state index < -0.39 is 6.10 Å². The summed E-state index contributed by atoms with van der Waals surface area (Å²) in [6.07, 6.45) is 2.64. The van der Waals surface area contributed by atoms with Crippen molar-refractivity contribution in [2.24, 2.45) is 5.10 Å². The molecule has 6 nitrogen and oxygen atoms in total. The van der Waals surface area contributed by atoms with Gasteiger partial charge in [0.25, 0.3) is 5.91 Å². The van der Waals surface area contributed by atoms with E-state index in [1.54, 1.807) is 37.4 Å². The molecule has 2 aromatic rings. The van der Waals surface area contributed by atoms with Crippen LogP contribution in [0, 0.1) is 0 Å². The minimum Gasteiger partial charge on any atom is -0.493 e. The highest BCUT2D eigenvalue weighted by Crippen LogP contribution is 2.24. The van der Waals surface area contributed by atoms with Gasteiger partial charge in [0.15, 0.2) is 6.10 Å². The monoisotopic (exact) mass is 418 g/mol. The van der Waals surface area contributed by atoms with Crippen LogP contribution in [-0.2, 0) is 4.79 Å². The number of rotatable bonds is 11. The van der Waals surface area contributed by atoms with Crippen LogP contribution in [0.3, 0.4) is 0 Å². The number of halogens is 1. The quantitative estimate of drug-likeness (QED) is 0.419. The summed E-state index contributed by atoms with van der Waals surface area (Å²) >= 11 is 5.84. The molecule has 0 aliphatic carbocycles. The zero-order chi connectivity index (χ0) is 21.1. The van der Waals surface area contributed by atoms with E-state index in [2.05, 4.69) is 17.5 Å². The van der Waals surface area contributed by atoms with Gasteiger partial charge in [0.1, 0.15) is 17.2 Å². The van der Waals surface area contributed by atoms with Crippen molar-refractivity contribution in [3.63, 3.8) is 0 Å². The van der Waals surface area contributed by atoms with E-state index in [4.69, 9.17) is 25.8 Å². The van der Waals surface area contributed by atoms with Gasteiger partial charge >= 0.3 is 0 Å². The zero-order valence-electron chi connectivity index (χ0n) is 17.0. The number of nitrogens with one attached hydrogen (secondary N) is 1. The predicted molar refractivity (Wildman–Crippen MR) is 115 cm³/mol. The van der Waals surface area contributed by atoms with E-state index in [-0.39, 0.29) is 5.91 Å². The Morgan fingerprint density at radius 1 is 1.07 bits per heavy atom. The van der Waals surface area contributed by atoms with E-state index in [1.165, 1.54) is 0 Å². The fraction of sp³-hybridized carbons (Fsp3) is 0.364. The van der Waals surface area contributed by atoms with Crippen LogP contribution in [0.5, 0.6) is 17.2 Å². The minimum absolute atomic E-state index is 0.366. The van der Waals surface area contributed by atoms with E-state index >= 15 is 0 Å². The lowest BCUT2D eigenvalue weighted by molar-refractivity contribution is -0.127. The first kappa shape index (κ1) is 22.6. The van der Waals surface area contributed by atoms with Crippen molar-refractivity contribution in [3.8, 4) is 17.2 Å². The number of carbonyl (C=O) groups is 1. The maximum atomic E-state index is 12.2. The Balaban J connectivity index is 1.97. The van der Waals surface area contributed by atoms with Gasteiger partial charge in [-0.1, -0.05) is 25.4 Å². The van der Waals surface area contributed by atoms with Crippen LogP contribution in [0.25, 0.3) is 0 Å². The molecule has 0 fully saturated rings. The molecule has 0 aliphatic heterocycles. The molecule has 1 amide bonds. The Morgan fingerprint density at radius 2 is 1.72 bits per heavy atom. The third-order valence-corrected chi connectivity index (χ3v) is 4.05. The summed E-state index contributed by atoms with van der Waals surface area (Å²) in [6.45, 7) is 6.96. The number of hydrogen-bond acceptors (Lipinski definition) is 5. The topological polar surface area (TPSA) is 69.2 Å². The van der Waals surface area contributed by atoms with Crippen LogP contribution in [0.4, 0.5) is 0 Å². The Hall–Kier alpha value is -2.73. The molecular weight excluding hydrogens is 392 g/mol. The van der Waals surface area contributed by atoms with Crippen molar-refractivity contribution in [2.45, 2.75) is 39.7 Å². The first-order chi connectivity index (χ1) is 14.0. The molecule has 156 valence electrons. The summed E-state index contributed by atoms with van der Waals surface area (Å²) in [5, 5.41) is 4.64. The predicted octanol–water partition coefficient (Wildman–Crippen LogP) is 4.84. The van der Waals surface area contributed by atoms with Crippen molar-refractivity contribution in [1.82, 2.24) is 5.43 Å². The molecule has 0 heterocycles. The SMILES string of the molecule is CCCOc1ccc(C=NNC(=O)[C@@H](C)Oc2ccc(Cl)cc2)c(OCCC)c1. The molecule has 7 heteroatoms. The number of amides is 1. The van der Waals surface area contributed by atoms with Crippen molar-refractivity contribution in [3.05, 3.63) is 53.1 Å². The van der Waals surface area contributed by atoms with Crippen molar-refractivity contribution >= 4 is 23.7 Å². The van der Waals surface area contributed by atoms with Crippen LogP contribution in [0.1, 0.15) is 39.2 Å². The maximum absolute atomic E-state index is 12.2. The molecule has 0 radical (unpaired) electrons. The Bertz CT molecular complexity index is 809. The Kier molecular flexibility index (Phi) is 9.31. The Morgan fingerprint density at radius 3 is 2.41 bits per heavy atom. The fourth-order valence-electron chi connectivity index (χ4n) is 2.30. The van der Waals surface area contributed by atoms with Crippen LogP contribution < -0.4 is 19.6 Å². The van der Waals surface area contributed by atoms with Crippen molar-refractivity contribution < 1.29 is 19.0 Å². The molecule has 0 unspecified atom stereocenters. The highest BCUT2D eigenvalue weighted by Gasteiger charge is 2.14. The first-order valence-corrected chi connectivity index (χ1v) is 10.1. The standard InChI is InChI=1S/C22H27ClN2O4/c1-4-12-27-20-9-6-17(21(14-20)28-13-5-2)15-24-25-22(26)16(3)29-19-10-7-18(23)8-11-19/h6-11,14-16H,4-5,12-13H2,1-3H3,(H,25,26)/t16-/m1/s1. The molecule has 0 aliphatic rings. The van der Waals surface area contributed by atoms with Gasteiger partial charge in [-0.15, -0.1) is 0 Å². The second-order valence-corrected chi connectivity index (χ2v) is 6.78. The molecule has 0 aromatic heterocycles. The molecule has 2 rings (SSSR count). The van der Waals surface area contributed by atoms with E-state index in [9.17, 15) is 4.79 Å². The fourth-order valence-corrected chi connectivity index (χ4v) is 2.42. The number of nitrogens with zero attached hydrogens (tertiary/aromatic N) is 1. The van der Waals surface area contributed by atoms with Crippen LogP contribution >= 0.6 is 11.6 Å². The van der Waals surface area contributed by atoms with Gasteiger partial charge in [0.2, 0.25) is 0 Å². The summed E-state index contributed by atoms with van der Waals surface area (Å²) in [7, 11) is 0. The summed E-state index contributed by atoms with van der Waals surface area (Å²) in [6, 6.07) is 12.3. The van der Waals surface area contributed by atoms with Crippen molar-refractivity contribution in [1.29, 1.82) is 0 Å². The second-order valence-electron chi connectivity index (χ2n) is 6.34. The number of hydrogen-bond donors (Lipinski definition) is 1. The molecule has 0 spiro atoms. The number of benzene rings is 2. The average molecular weight is 419 g/mol. The molecular formula is C22H27ClN2O4. The van der Waals surface area contributed by atoms with Crippen LogP contribution in [0.2, 0.25) is 5.02 Å². The maximum Gasteiger partial charge on any atom is 0.280 e. The van der Waals surface area contributed by atoms with E-state index in [0.717, 1.165) is 24.2 Å². The van der Waals surface area contributed by atoms with Gasteiger partial charge in [0.05, 0.1) is 19.4 Å². The summed E-state index contributed by atoms with van der Waals surface area (Å²) < 4.78 is 17.0. The molecule has 2 aromatic carbocycles.